The van der Waals surface area contributed by atoms with Gasteiger partial charge in [-0.05, 0) is 37.0 Å². The third-order valence-corrected chi connectivity index (χ3v) is 5.55. The molecule has 184 valence electrons. The SMILES string of the molecule is CCCn1c(=O)c2nc([C@H](C)Cc3ccc(OCC(=O)NCCN)cc3)[nH]c2n(CCC)c1=O. The molecular weight excluding hydrogens is 436 g/mol. The Morgan fingerprint density at radius 1 is 1.15 bits per heavy atom. The van der Waals surface area contributed by atoms with Crippen molar-refractivity contribution in [1.29, 1.82) is 0 Å². The molecule has 4 N–H and O–H groups in total. The molecule has 0 bridgehead atoms. The van der Waals surface area contributed by atoms with Crippen molar-refractivity contribution in [2.24, 2.45) is 5.73 Å². The van der Waals surface area contributed by atoms with E-state index >= 15 is 0 Å². The Bertz CT molecular complexity index is 1230. The van der Waals surface area contributed by atoms with E-state index in [4.69, 9.17) is 10.5 Å². The summed E-state index contributed by atoms with van der Waals surface area (Å²) in [6.45, 7) is 7.58. The first-order chi connectivity index (χ1) is 16.4. The lowest BCUT2D eigenvalue weighted by Gasteiger charge is -2.11. The van der Waals surface area contributed by atoms with E-state index < -0.39 is 0 Å². The molecule has 10 heteroatoms. The molecule has 2 heterocycles. The van der Waals surface area contributed by atoms with Crippen molar-refractivity contribution < 1.29 is 9.53 Å². The minimum atomic E-state index is -0.346. The van der Waals surface area contributed by atoms with Crippen molar-refractivity contribution in [3.05, 3.63) is 56.5 Å². The van der Waals surface area contributed by atoms with Crippen LogP contribution >= 0.6 is 0 Å². The number of ether oxygens (including phenoxy) is 1. The summed E-state index contributed by atoms with van der Waals surface area (Å²) in [6, 6.07) is 7.51. The van der Waals surface area contributed by atoms with Crippen LogP contribution in [-0.2, 0) is 24.3 Å². The number of hydrogen-bond acceptors (Lipinski definition) is 6. The molecule has 1 aromatic carbocycles. The Morgan fingerprint density at radius 2 is 1.82 bits per heavy atom. The third kappa shape index (κ3) is 5.74. The number of amides is 1. The number of benzene rings is 1. The van der Waals surface area contributed by atoms with Gasteiger partial charge in [0.15, 0.2) is 12.1 Å². The van der Waals surface area contributed by atoms with Crippen molar-refractivity contribution in [2.45, 2.75) is 59.0 Å². The summed E-state index contributed by atoms with van der Waals surface area (Å²) in [7, 11) is 0. The first kappa shape index (κ1) is 25.2. The molecule has 10 nitrogen and oxygen atoms in total. The highest BCUT2D eigenvalue weighted by Crippen LogP contribution is 2.21. The van der Waals surface area contributed by atoms with E-state index in [0.717, 1.165) is 12.0 Å². The van der Waals surface area contributed by atoms with Gasteiger partial charge in [0.1, 0.15) is 17.2 Å². The van der Waals surface area contributed by atoms with Crippen LogP contribution in [0.4, 0.5) is 0 Å². The fraction of sp³-hybridized carbons (Fsp3) is 0.500. The van der Waals surface area contributed by atoms with Gasteiger partial charge < -0.3 is 20.8 Å². The first-order valence-corrected chi connectivity index (χ1v) is 11.8. The number of nitrogens with one attached hydrogen (secondary N) is 2. The van der Waals surface area contributed by atoms with Crippen molar-refractivity contribution >= 4 is 17.1 Å². The number of aromatic nitrogens is 4. The highest BCUT2D eigenvalue weighted by molar-refractivity contribution is 5.77. The Balaban J connectivity index is 1.77. The predicted molar refractivity (Wildman–Crippen MR) is 131 cm³/mol. The smallest absolute Gasteiger partial charge is 0.332 e. The largest absolute Gasteiger partial charge is 0.484 e. The highest BCUT2D eigenvalue weighted by Gasteiger charge is 2.19. The quantitative estimate of drug-likeness (QED) is 0.367. The molecule has 0 unspecified atom stereocenters. The average Bonchev–Trinajstić information content (AvgIpc) is 3.28. The zero-order chi connectivity index (χ0) is 24.7. The van der Waals surface area contributed by atoms with E-state index in [2.05, 4.69) is 15.3 Å². The Kier molecular flexibility index (Phi) is 8.64. The van der Waals surface area contributed by atoms with Crippen molar-refractivity contribution in [3.63, 3.8) is 0 Å². The molecule has 1 amide bonds. The lowest BCUT2D eigenvalue weighted by molar-refractivity contribution is -0.123. The second-order valence-electron chi connectivity index (χ2n) is 8.39. The number of fused-ring (bicyclic) bond motifs is 1. The zero-order valence-corrected chi connectivity index (χ0v) is 20.1. The number of carbonyl (C=O) groups excluding carboxylic acids is 1. The maximum absolute atomic E-state index is 12.9. The number of nitrogens with two attached hydrogens (primary N) is 1. The zero-order valence-electron chi connectivity index (χ0n) is 20.1. The topological polar surface area (TPSA) is 137 Å². The normalized spacial score (nSPS) is 12.1. The molecule has 0 saturated carbocycles. The van der Waals surface area contributed by atoms with Gasteiger partial charge in [0.2, 0.25) is 0 Å². The molecule has 0 spiro atoms. The molecule has 0 aliphatic carbocycles. The molecule has 2 aromatic heterocycles. The van der Waals surface area contributed by atoms with Crippen LogP contribution < -0.4 is 27.0 Å². The Morgan fingerprint density at radius 3 is 2.47 bits per heavy atom. The number of H-pyrrole nitrogens is 1. The summed E-state index contributed by atoms with van der Waals surface area (Å²) in [5, 5.41) is 2.65. The van der Waals surface area contributed by atoms with Crippen molar-refractivity contribution in [2.75, 3.05) is 19.7 Å². The molecule has 3 rings (SSSR count). The standard InChI is InChI=1S/C24H34N6O4/c1-4-12-29-22-20(23(32)30(13-5-2)24(29)33)27-21(28-22)16(3)14-17-6-8-18(9-7-17)34-15-19(31)26-11-10-25/h6-9,16H,4-5,10-15,25H2,1-3H3,(H,26,31)(H,27,28)/t16-/m1/s1. The van der Waals surface area contributed by atoms with Gasteiger partial charge in [-0.25, -0.2) is 9.78 Å². The van der Waals surface area contributed by atoms with E-state index in [1.165, 1.54) is 4.57 Å². The van der Waals surface area contributed by atoms with Gasteiger partial charge in [0.25, 0.3) is 11.5 Å². The van der Waals surface area contributed by atoms with Gasteiger partial charge in [-0.1, -0.05) is 32.9 Å². The van der Waals surface area contributed by atoms with E-state index in [1.54, 1.807) is 4.57 Å². The van der Waals surface area contributed by atoms with Gasteiger partial charge in [0.05, 0.1) is 0 Å². The van der Waals surface area contributed by atoms with Crippen LogP contribution in [0.5, 0.6) is 5.75 Å². The van der Waals surface area contributed by atoms with Gasteiger partial charge >= 0.3 is 5.69 Å². The molecule has 0 radical (unpaired) electrons. The van der Waals surface area contributed by atoms with E-state index in [1.807, 2.05) is 45.0 Å². The molecule has 0 aliphatic heterocycles. The lowest BCUT2D eigenvalue weighted by atomic mass is 10.0. The number of aryl methyl sites for hydroxylation is 1. The number of nitrogens with zero attached hydrogens (tertiary/aromatic N) is 3. The molecule has 3 aromatic rings. The van der Waals surface area contributed by atoms with Crippen LogP contribution in [0.2, 0.25) is 0 Å². The van der Waals surface area contributed by atoms with Gasteiger partial charge in [0, 0.05) is 32.1 Å². The summed E-state index contributed by atoms with van der Waals surface area (Å²) >= 11 is 0. The number of hydrogen-bond donors (Lipinski definition) is 3. The summed E-state index contributed by atoms with van der Waals surface area (Å²) < 4.78 is 8.40. The van der Waals surface area contributed by atoms with Crippen LogP contribution in [0, 0.1) is 0 Å². The maximum atomic E-state index is 12.9. The number of imidazole rings is 1. The molecule has 0 fully saturated rings. The van der Waals surface area contributed by atoms with E-state index in [0.29, 0.717) is 61.8 Å². The number of aromatic amines is 1. The summed E-state index contributed by atoms with van der Waals surface area (Å²) in [5.41, 5.74) is 6.57. The molecular formula is C24H34N6O4. The monoisotopic (exact) mass is 470 g/mol. The molecule has 34 heavy (non-hydrogen) atoms. The van der Waals surface area contributed by atoms with Crippen LogP contribution in [0.25, 0.3) is 11.2 Å². The van der Waals surface area contributed by atoms with Gasteiger partial charge in [-0.2, -0.15) is 0 Å². The van der Waals surface area contributed by atoms with Gasteiger partial charge in [-0.15, -0.1) is 0 Å². The van der Waals surface area contributed by atoms with Crippen LogP contribution in [0.1, 0.15) is 50.9 Å². The van der Waals surface area contributed by atoms with Crippen LogP contribution in [-0.4, -0.2) is 44.7 Å². The summed E-state index contributed by atoms with van der Waals surface area (Å²) in [4.78, 5) is 45.3. The van der Waals surface area contributed by atoms with E-state index in [-0.39, 0.29) is 29.7 Å². The molecule has 1 atom stereocenters. The number of rotatable bonds is 12. The van der Waals surface area contributed by atoms with Crippen LogP contribution in [0.15, 0.2) is 33.9 Å². The third-order valence-electron chi connectivity index (χ3n) is 5.55. The fourth-order valence-electron chi connectivity index (χ4n) is 3.85. The van der Waals surface area contributed by atoms with Crippen molar-refractivity contribution in [3.8, 4) is 5.75 Å². The number of carbonyl (C=O) groups is 1. The summed E-state index contributed by atoms with van der Waals surface area (Å²) in [5.74, 6) is 1.04. The van der Waals surface area contributed by atoms with E-state index in [9.17, 15) is 14.4 Å². The van der Waals surface area contributed by atoms with Gasteiger partial charge in [-0.3, -0.25) is 18.7 Å². The second kappa shape index (κ2) is 11.6. The molecule has 0 aliphatic rings. The summed E-state index contributed by atoms with van der Waals surface area (Å²) in [6.07, 6.45) is 2.14. The molecule has 0 saturated heterocycles. The minimum Gasteiger partial charge on any atom is -0.484 e. The lowest BCUT2D eigenvalue weighted by Crippen LogP contribution is -2.40. The minimum absolute atomic E-state index is 0.00888. The predicted octanol–water partition coefficient (Wildman–Crippen LogP) is 1.51. The average molecular weight is 471 g/mol. The second-order valence-corrected chi connectivity index (χ2v) is 8.39. The van der Waals surface area contributed by atoms with Crippen molar-refractivity contribution in [1.82, 2.24) is 24.4 Å². The maximum Gasteiger partial charge on any atom is 0.332 e. The Hall–Kier alpha value is -3.40. The Labute approximate surface area is 198 Å². The van der Waals surface area contributed by atoms with Crippen LogP contribution in [0.3, 0.4) is 0 Å². The fourth-order valence-corrected chi connectivity index (χ4v) is 3.85. The highest BCUT2D eigenvalue weighted by atomic mass is 16.5. The first-order valence-electron chi connectivity index (χ1n) is 11.8.